The first-order valence-corrected chi connectivity index (χ1v) is 10.6. The molecular formula is C19H21ClN2O5S. The summed E-state index contributed by atoms with van der Waals surface area (Å²) in [6, 6.07) is 12.8. The number of halogens is 1. The zero-order valence-corrected chi connectivity index (χ0v) is 16.9. The van der Waals surface area contributed by atoms with Gasteiger partial charge in [-0.25, -0.2) is 8.42 Å². The summed E-state index contributed by atoms with van der Waals surface area (Å²) in [5.41, 5.74) is 0.380. The Morgan fingerprint density at radius 2 is 1.86 bits per heavy atom. The number of carbonyl (C=O) groups is 1. The Labute approximate surface area is 169 Å². The van der Waals surface area contributed by atoms with Crippen LogP contribution in [0.15, 0.2) is 53.4 Å². The van der Waals surface area contributed by atoms with Crippen molar-refractivity contribution in [1.82, 2.24) is 4.31 Å². The van der Waals surface area contributed by atoms with Crippen LogP contribution in [-0.2, 0) is 19.6 Å². The highest BCUT2D eigenvalue weighted by Gasteiger charge is 2.26. The van der Waals surface area contributed by atoms with Crippen molar-refractivity contribution < 1.29 is 22.7 Å². The molecule has 1 N–H and O–H groups in total. The summed E-state index contributed by atoms with van der Waals surface area (Å²) in [4.78, 5) is 12.5. The molecule has 1 aliphatic rings. The van der Waals surface area contributed by atoms with Crippen LogP contribution in [0.3, 0.4) is 0 Å². The van der Waals surface area contributed by atoms with Gasteiger partial charge in [0.2, 0.25) is 10.0 Å². The smallest absolute Gasteiger partial charge is 0.265 e. The van der Waals surface area contributed by atoms with Crippen molar-refractivity contribution in [2.75, 3.05) is 31.6 Å². The van der Waals surface area contributed by atoms with Crippen LogP contribution >= 0.6 is 11.6 Å². The van der Waals surface area contributed by atoms with Crippen molar-refractivity contribution in [2.24, 2.45) is 0 Å². The van der Waals surface area contributed by atoms with E-state index in [1.54, 1.807) is 43.3 Å². The molecule has 0 unspecified atom stereocenters. The first-order valence-electron chi connectivity index (χ1n) is 8.77. The quantitative estimate of drug-likeness (QED) is 0.770. The van der Waals surface area contributed by atoms with Crippen LogP contribution in [0.2, 0.25) is 5.02 Å². The highest BCUT2D eigenvalue weighted by molar-refractivity contribution is 7.89. The summed E-state index contributed by atoms with van der Waals surface area (Å²) >= 11 is 5.83. The number of ether oxygens (including phenoxy) is 2. The average molecular weight is 425 g/mol. The largest absolute Gasteiger partial charge is 0.481 e. The first kappa shape index (κ1) is 20.6. The average Bonchev–Trinajstić information content (AvgIpc) is 2.70. The third-order valence-corrected chi connectivity index (χ3v) is 6.35. The standard InChI is InChI=1S/C19H21ClN2O5S/c1-14(27-17-7-5-15(20)6-8-17)19(23)21-16-3-2-4-18(13-16)28(24,25)22-9-11-26-12-10-22/h2-8,13-14H,9-12H2,1H3,(H,21,23)/t14-/m0/s1. The van der Waals surface area contributed by atoms with Gasteiger partial charge in [0.25, 0.3) is 5.91 Å². The van der Waals surface area contributed by atoms with Gasteiger partial charge in [0.05, 0.1) is 18.1 Å². The molecule has 2 aromatic carbocycles. The number of amides is 1. The van der Waals surface area contributed by atoms with E-state index in [4.69, 9.17) is 21.1 Å². The third kappa shape index (κ3) is 5.02. The fourth-order valence-corrected chi connectivity index (χ4v) is 4.27. The number of morpholine rings is 1. The van der Waals surface area contributed by atoms with E-state index >= 15 is 0 Å². The van der Waals surface area contributed by atoms with Crippen LogP contribution in [-0.4, -0.2) is 51.0 Å². The van der Waals surface area contributed by atoms with Crippen molar-refractivity contribution in [2.45, 2.75) is 17.9 Å². The van der Waals surface area contributed by atoms with Crippen molar-refractivity contribution in [3.05, 3.63) is 53.6 Å². The van der Waals surface area contributed by atoms with Crippen molar-refractivity contribution in [1.29, 1.82) is 0 Å². The molecule has 7 nitrogen and oxygen atoms in total. The second-order valence-corrected chi connectivity index (χ2v) is 8.62. The van der Waals surface area contributed by atoms with E-state index in [-0.39, 0.29) is 4.90 Å². The lowest BCUT2D eigenvalue weighted by molar-refractivity contribution is -0.122. The van der Waals surface area contributed by atoms with E-state index in [1.165, 1.54) is 16.4 Å². The molecule has 9 heteroatoms. The molecule has 0 bridgehead atoms. The number of hydrogen-bond acceptors (Lipinski definition) is 5. The van der Waals surface area contributed by atoms with E-state index in [9.17, 15) is 13.2 Å². The van der Waals surface area contributed by atoms with Crippen molar-refractivity contribution >= 4 is 33.2 Å². The van der Waals surface area contributed by atoms with E-state index in [0.717, 1.165) is 0 Å². The molecule has 1 heterocycles. The Morgan fingerprint density at radius 1 is 1.18 bits per heavy atom. The third-order valence-electron chi connectivity index (χ3n) is 4.21. The molecular weight excluding hydrogens is 404 g/mol. The zero-order chi connectivity index (χ0) is 20.1. The van der Waals surface area contributed by atoms with Gasteiger partial charge in [0.15, 0.2) is 6.10 Å². The predicted octanol–water partition coefficient (Wildman–Crippen LogP) is 2.77. The van der Waals surface area contributed by atoms with Gasteiger partial charge in [-0.3, -0.25) is 4.79 Å². The number of anilines is 1. The lowest BCUT2D eigenvalue weighted by Gasteiger charge is -2.26. The number of nitrogens with zero attached hydrogens (tertiary/aromatic N) is 1. The predicted molar refractivity (Wildman–Crippen MR) is 106 cm³/mol. The molecule has 150 valence electrons. The SMILES string of the molecule is C[C@H](Oc1ccc(Cl)cc1)C(=O)Nc1cccc(S(=O)(=O)N2CCOCC2)c1. The number of rotatable bonds is 6. The first-order chi connectivity index (χ1) is 13.4. The fourth-order valence-electron chi connectivity index (χ4n) is 2.69. The van der Waals surface area contributed by atoms with Crippen molar-refractivity contribution in [3.8, 4) is 5.75 Å². The molecule has 1 saturated heterocycles. The Morgan fingerprint density at radius 3 is 2.54 bits per heavy atom. The highest BCUT2D eigenvalue weighted by Crippen LogP contribution is 2.21. The van der Waals surface area contributed by atoms with Crippen LogP contribution in [0.1, 0.15) is 6.92 Å². The molecule has 0 aromatic heterocycles. The number of sulfonamides is 1. The Bertz CT molecular complexity index is 928. The lowest BCUT2D eigenvalue weighted by atomic mass is 10.3. The topological polar surface area (TPSA) is 84.9 Å². The fraction of sp³-hybridized carbons (Fsp3) is 0.316. The van der Waals surface area contributed by atoms with Gasteiger partial charge < -0.3 is 14.8 Å². The zero-order valence-electron chi connectivity index (χ0n) is 15.3. The van der Waals surface area contributed by atoms with E-state index in [2.05, 4.69) is 5.32 Å². The highest BCUT2D eigenvalue weighted by atomic mass is 35.5. The number of carbonyl (C=O) groups excluding carboxylic acids is 1. The molecule has 0 saturated carbocycles. The van der Waals surface area contributed by atoms with Crippen LogP contribution in [0.4, 0.5) is 5.69 Å². The molecule has 3 rings (SSSR count). The van der Waals surface area contributed by atoms with Gasteiger partial charge in [-0.1, -0.05) is 17.7 Å². The summed E-state index contributed by atoms with van der Waals surface area (Å²) in [6.07, 6.45) is -0.777. The van der Waals surface area contributed by atoms with Gasteiger partial charge >= 0.3 is 0 Å². The van der Waals surface area contributed by atoms with Crippen molar-refractivity contribution in [3.63, 3.8) is 0 Å². The summed E-state index contributed by atoms with van der Waals surface area (Å²) in [7, 11) is -3.63. The molecule has 1 amide bonds. The minimum Gasteiger partial charge on any atom is -0.481 e. The molecule has 28 heavy (non-hydrogen) atoms. The minimum atomic E-state index is -3.63. The Balaban J connectivity index is 1.68. The molecule has 0 aliphatic carbocycles. The Hall–Kier alpha value is -2.13. The molecule has 0 radical (unpaired) electrons. The van der Waals surface area contributed by atoms with Gasteiger partial charge in [-0.2, -0.15) is 4.31 Å². The summed E-state index contributed by atoms with van der Waals surface area (Å²) < 4.78 is 37.7. The summed E-state index contributed by atoms with van der Waals surface area (Å²) in [5.74, 6) is 0.117. The van der Waals surface area contributed by atoms with Gasteiger partial charge in [-0.05, 0) is 49.4 Å². The lowest BCUT2D eigenvalue weighted by Crippen LogP contribution is -2.40. The van der Waals surface area contributed by atoms with Gasteiger partial charge in [-0.15, -0.1) is 0 Å². The van der Waals surface area contributed by atoms with Crippen LogP contribution < -0.4 is 10.1 Å². The minimum absolute atomic E-state index is 0.124. The monoisotopic (exact) mass is 424 g/mol. The molecule has 1 atom stereocenters. The number of nitrogens with one attached hydrogen (secondary N) is 1. The molecule has 1 fully saturated rings. The Kier molecular flexibility index (Phi) is 6.56. The molecule has 2 aromatic rings. The van der Waals surface area contributed by atoms with Crippen LogP contribution in [0, 0.1) is 0 Å². The maximum atomic E-state index is 12.7. The maximum absolute atomic E-state index is 12.7. The number of benzene rings is 2. The van der Waals surface area contributed by atoms with Crippen LogP contribution in [0.5, 0.6) is 5.75 Å². The normalized spacial score (nSPS) is 16.4. The van der Waals surface area contributed by atoms with Gasteiger partial charge in [0, 0.05) is 23.8 Å². The van der Waals surface area contributed by atoms with Crippen LogP contribution in [0.25, 0.3) is 0 Å². The molecule has 1 aliphatic heterocycles. The van der Waals surface area contributed by atoms with E-state index in [1.807, 2.05) is 0 Å². The number of hydrogen-bond donors (Lipinski definition) is 1. The summed E-state index contributed by atoms with van der Waals surface area (Å²) in [6.45, 7) is 2.97. The van der Waals surface area contributed by atoms with E-state index < -0.39 is 22.0 Å². The summed E-state index contributed by atoms with van der Waals surface area (Å²) in [5, 5.41) is 3.26. The second kappa shape index (κ2) is 8.91. The molecule has 0 spiro atoms. The second-order valence-electron chi connectivity index (χ2n) is 6.25. The van der Waals surface area contributed by atoms with E-state index in [0.29, 0.717) is 42.8 Å². The van der Waals surface area contributed by atoms with Gasteiger partial charge in [0.1, 0.15) is 5.75 Å². The maximum Gasteiger partial charge on any atom is 0.265 e.